The molecule has 1 heterocycles. The van der Waals surface area contributed by atoms with Crippen molar-refractivity contribution < 1.29 is 0 Å². The maximum Gasteiger partial charge on any atom is 0.185 e. The first-order valence-electron chi connectivity index (χ1n) is 8.10. The molecule has 21 heavy (non-hydrogen) atoms. The average molecular weight is 312 g/mol. The Balaban J connectivity index is 2.96. The highest BCUT2D eigenvalue weighted by Gasteiger charge is 2.25. The SMILES string of the molecule is CCC(C)N(C)c1nc(C(C)(C)C)c(CNCC(C)C)s1. The first-order chi connectivity index (χ1) is 9.66. The molecule has 3 nitrogen and oxygen atoms in total. The molecular weight excluding hydrogens is 278 g/mol. The molecule has 0 bridgehead atoms. The van der Waals surface area contributed by atoms with Gasteiger partial charge in [-0.15, -0.1) is 11.3 Å². The summed E-state index contributed by atoms with van der Waals surface area (Å²) < 4.78 is 0. The normalized spacial score (nSPS) is 13.8. The van der Waals surface area contributed by atoms with Gasteiger partial charge in [-0.3, -0.25) is 0 Å². The number of anilines is 1. The highest BCUT2D eigenvalue weighted by atomic mass is 32.1. The van der Waals surface area contributed by atoms with E-state index < -0.39 is 0 Å². The Morgan fingerprint density at radius 1 is 1.24 bits per heavy atom. The minimum Gasteiger partial charge on any atom is -0.348 e. The monoisotopic (exact) mass is 311 g/mol. The summed E-state index contributed by atoms with van der Waals surface area (Å²) in [5.74, 6) is 0.679. The Hall–Kier alpha value is -0.610. The van der Waals surface area contributed by atoms with Gasteiger partial charge in [-0.1, -0.05) is 41.5 Å². The molecule has 0 aliphatic carbocycles. The highest BCUT2D eigenvalue weighted by molar-refractivity contribution is 7.15. The third-order valence-electron chi connectivity index (χ3n) is 3.79. The standard InChI is InChI=1S/C17H33N3S/c1-9-13(4)20(8)16-19-15(17(5,6)7)14(21-16)11-18-10-12(2)3/h12-13,18H,9-11H2,1-8H3. The summed E-state index contributed by atoms with van der Waals surface area (Å²) in [6.07, 6.45) is 1.14. The van der Waals surface area contributed by atoms with Crippen LogP contribution >= 0.6 is 11.3 Å². The molecule has 1 aromatic heterocycles. The molecule has 0 spiro atoms. The number of rotatable bonds is 7. The van der Waals surface area contributed by atoms with E-state index in [-0.39, 0.29) is 5.41 Å². The Bertz CT molecular complexity index is 432. The van der Waals surface area contributed by atoms with Crippen molar-refractivity contribution in [1.29, 1.82) is 0 Å². The van der Waals surface area contributed by atoms with Crippen LogP contribution in [0.3, 0.4) is 0 Å². The van der Waals surface area contributed by atoms with Crippen molar-refractivity contribution in [1.82, 2.24) is 10.3 Å². The Morgan fingerprint density at radius 2 is 1.86 bits per heavy atom. The summed E-state index contributed by atoms with van der Waals surface area (Å²) >= 11 is 1.84. The molecule has 0 radical (unpaired) electrons. The van der Waals surface area contributed by atoms with Gasteiger partial charge in [0.2, 0.25) is 0 Å². The number of hydrogen-bond donors (Lipinski definition) is 1. The summed E-state index contributed by atoms with van der Waals surface area (Å²) in [5.41, 5.74) is 1.34. The van der Waals surface area contributed by atoms with Crippen molar-refractivity contribution in [2.45, 2.75) is 72.9 Å². The molecule has 0 aliphatic rings. The van der Waals surface area contributed by atoms with Gasteiger partial charge in [0, 0.05) is 29.9 Å². The molecule has 4 heteroatoms. The first-order valence-corrected chi connectivity index (χ1v) is 8.92. The van der Waals surface area contributed by atoms with Crippen molar-refractivity contribution in [2.75, 3.05) is 18.5 Å². The van der Waals surface area contributed by atoms with Gasteiger partial charge in [0.15, 0.2) is 5.13 Å². The zero-order valence-electron chi connectivity index (χ0n) is 15.1. The molecular formula is C17H33N3S. The van der Waals surface area contributed by atoms with Gasteiger partial charge in [-0.25, -0.2) is 4.98 Å². The molecule has 1 atom stereocenters. The smallest absolute Gasteiger partial charge is 0.185 e. The quantitative estimate of drug-likeness (QED) is 0.808. The second-order valence-corrected chi connectivity index (χ2v) is 8.47. The van der Waals surface area contributed by atoms with E-state index in [1.807, 2.05) is 11.3 Å². The lowest BCUT2D eigenvalue weighted by molar-refractivity contribution is 0.534. The van der Waals surface area contributed by atoms with E-state index in [1.54, 1.807) is 0 Å². The van der Waals surface area contributed by atoms with Gasteiger partial charge in [0.05, 0.1) is 5.69 Å². The van der Waals surface area contributed by atoms with E-state index in [9.17, 15) is 0 Å². The molecule has 1 N–H and O–H groups in total. The van der Waals surface area contributed by atoms with Crippen LogP contribution in [-0.2, 0) is 12.0 Å². The van der Waals surface area contributed by atoms with E-state index in [1.165, 1.54) is 10.6 Å². The van der Waals surface area contributed by atoms with E-state index in [0.717, 1.165) is 24.6 Å². The van der Waals surface area contributed by atoms with Crippen LogP contribution in [0, 0.1) is 5.92 Å². The van der Waals surface area contributed by atoms with Crippen LogP contribution in [-0.4, -0.2) is 24.6 Å². The lowest BCUT2D eigenvalue weighted by Gasteiger charge is -2.23. The molecule has 0 aliphatic heterocycles. The topological polar surface area (TPSA) is 28.2 Å². The molecule has 0 amide bonds. The van der Waals surface area contributed by atoms with Gasteiger partial charge < -0.3 is 10.2 Å². The fraction of sp³-hybridized carbons (Fsp3) is 0.824. The van der Waals surface area contributed by atoms with Gasteiger partial charge in [0.1, 0.15) is 0 Å². The largest absolute Gasteiger partial charge is 0.348 e. The Morgan fingerprint density at radius 3 is 2.33 bits per heavy atom. The average Bonchev–Trinajstić information content (AvgIpc) is 2.80. The number of hydrogen-bond acceptors (Lipinski definition) is 4. The first kappa shape index (κ1) is 18.4. The number of aromatic nitrogens is 1. The molecule has 0 aromatic carbocycles. The predicted octanol–water partition coefficient (Wildman–Crippen LogP) is 4.42. The van der Waals surface area contributed by atoms with E-state index >= 15 is 0 Å². The predicted molar refractivity (Wildman–Crippen MR) is 95.5 cm³/mol. The maximum atomic E-state index is 4.95. The van der Waals surface area contributed by atoms with Crippen molar-refractivity contribution in [2.24, 2.45) is 5.92 Å². The van der Waals surface area contributed by atoms with Crippen molar-refractivity contribution in [3.05, 3.63) is 10.6 Å². The lowest BCUT2D eigenvalue weighted by Crippen LogP contribution is -2.28. The maximum absolute atomic E-state index is 4.95. The molecule has 122 valence electrons. The van der Waals surface area contributed by atoms with Crippen molar-refractivity contribution in [3.63, 3.8) is 0 Å². The van der Waals surface area contributed by atoms with Gasteiger partial charge in [-0.05, 0) is 25.8 Å². The third kappa shape index (κ3) is 5.26. The minimum absolute atomic E-state index is 0.0971. The minimum atomic E-state index is 0.0971. The number of nitrogens with one attached hydrogen (secondary N) is 1. The third-order valence-corrected chi connectivity index (χ3v) is 4.93. The lowest BCUT2D eigenvalue weighted by atomic mass is 9.91. The number of nitrogens with zero attached hydrogens (tertiary/aromatic N) is 2. The fourth-order valence-corrected chi connectivity index (χ4v) is 3.44. The Kier molecular flexibility index (Phi) is 6.67. The molecule has 0 fully saturated rings. The van der Waals surface area contributed by atoms with Gasteiger partial charge in [0.25, 0.3) is 0 Å². The van der Waals surface area contributed by atoms with Crippen LogP contribution in [0.25, 0.3) is 0 Å². The molecule has 0 saturated carbocycles. The highest BCUT2D eigenvalue weighted by Crippen LogP contribution is 2.34. The molecule has 1 rings (SSSR count). The van der Waals surface area contributed by atoms with Crippen LogP contribution in [0.1, 0.15) is 65.5 Å². The number of thiazole rings is 1. The molecule has 0 saturated heterocycles. The van der Waals surface area contributed by atoms with E-state index in [2.05, 4.69) is 65.7 Å². The molecule has 1 aromatic rings. The van der Waals surface area contributed by atoms with E-state index in [0.29, 0.717) is 12.0 Å². The molecule has 1 unspecified atom stereocenters. The second kappa shape index (κ2) is 7.59. The second-order valence-electron chi connectivity index (χ2n) is 7.41. The summed E-state index contributed by atoms with van der Waals surface area (Å²) in [6.45, 7) is 17.7. The van der Waals surface area contributed by atoms with Gasteiger partial charge in [-0.2, -0.15) is 0 Å². The van der Waals surface area contributed by atoms with E-state index in [4.69, 9.17) is 4.98 Å². The Labute approximate surface area is 135 Å². The van der Waals surface area contributed by atoms with Crippen LogP contribution in [0.5, 0.6) is 0 Å². The van der Waals surface area contributed by atoms with Crippen LogP contribution in [0.15, 0.2) is 0 Å². The van der Waals surface area contributed by atoms with Crippen LogP contribution < -0.4 is 10.2 Å². The fourth-order valence-electron chi connectivity index (χ4n) is 2.13. The summed E-state index contributed by atoms with van der Waals surface area (Å²) in [6, 6.07) is 0.528. The summed E-state index contributed by atoms with van der Waals surface area (Å²) in [5, 5.41) is 4.71. The summed E-state index contributed by atoms with van der Waals surface area (Å²) in [7, 11) is 2.16. The van der Waals surface area contributed by atoms with Gasteiger partial charge >= 0.3 is 0 Å². The van der Waals surface area contributed by atoms with Crippen LogP contribution in [0.4, 0.5) is 5.13 Å². The van der Waals surface area contributed by atoms with Crippen molar-refractivity contribution in [3.8, 4) is 0 Å². The zero-order chi connectivity index (χ0) is 16.2. The van der Waals surface area contributed by atoms with Crippen LogP contribution in [0.2, 0.25) is 0 Å². The summed E-state index contributed by atoms with van der Waals surface area (Å²) in [4.78, 5) is 8.65. The van der Waals surface area contributed by atoms with Crippen molar-refractivity contribution >= 4 is 16.5 Å². The zero-order valence-corrected chi connectivity index (χ0v) is 15.9.